The van der Waals surface area contributed by atoms with Gasteiger partial charge in [-0.2, -0.15) is 11.8 Å². The molecular weight excluding hydrogens is 230 g/mol. The molecule has 0 aliphatic heterocycles. The zero-order chi connectivity index (χ0) is 12.1. The molecule has 2 rings (SSSR count). The second kappa shape index (κ2) is 6.05. The molecule has 1 unspecified atom stereocenters. The highest BCUT2D eigenvalue weighted by molar-refractivity contribution is 7.99. The molecule has 0 saturated carbocycles. The minimum Gasteiger partial charge on any atom is -0.396 e. The van der Waals surface area contributed by atoms with Crippen molar-refractivity contribution in [1.29, 1.82) is 0 Å². The Kier molecular flexibility index (Phi) is 4.42. The second-order valence-electron chi connectivity index (χ2n) is 4.01. The quantitative estimate of drug-likeness (QED) is 0.798. The van der Waals surface area contributed by atoms with Crippen molar-refractivity contribution in [2.75, 3.05) is 18.1 Å². The van der Waals surface area contributed by atoms with E-state index in [0.717, 1.165) is 17.1 Å². The number of benzene rings is 2. The zero-order valence-corrected chi connectivity index (χ0v) is 10.5. The SMILES string of the molecule is NC(CSCCO)c1ccc2ccccc2c1. The van der Waals surface area contributed by atoms with Gasteiger partial charge in [0.05, 0.1) is 6.61 Å². The summed E-state index contributed by atoms with van der Waals surface area (Å²) in [6.07, 6.45) is 0. The Morgan fingerprint density at radius 1 is 1.12 bits per heavy atom. The predicted molar refractivity (Wildman–Crippen MR) is 75.3 cm³/mol. The number of rotatable bonds is 5. The monoisotopic (exact) mass is 247 g/mol. The average molecular weight is 247 g/mol. The summed E-state index contributed by atoms with van der Waals surface area (Å²) in [6, 6.07) is 14.7. The largest absolute Gasteiger partial charge is 0.396 e. The van der Waals surface area contributed by atoms with Crippen LogP contribution >= 0.6 is 11.8 Å². The van der Waals surface area contributed by atoms with Crippen molar-refractivity contribution < 1.29 is 5.11 Å². The van der Waals surface area contributed by atoms with Crippen molar-refractivity contribution in [2.24, 2.45) is 5.73 Å². The van der Waals surface area contributed by atoms with Crippen LogP contribution in [0.1, 0.15) is 11.6 Å². The lowest BCUT2D eigenvalue weighted by Gasteiger charge is -2.12. The van der Waals surface area contributed by atoms with Crippen LogP contribution < -0.4 is 5.73 Å². The number of aliphatic hydroxyl groups is 1. The van der Waals surface area contributed by atoms with E-state index in [4.69, 9.17) is 10.8 Å². The van der Waals surface area contributed by atoms with Crippen LogP contribution in [-0.4, -0.2) is 23.2 Å². The first-order valence-electron chi connectivity index (χ1n) is 5.74. The molecule has 2 nitrogen and oxygen atoms in total. The average Bonchev–Trinajstić information content (AvgIpc) is 2.38. The van der Waals surface area contributed by atoms with Crippen LogP contribution in [0.4, 0.5) is 0 Å². The normalized spacial score (nSPS) is 12.8. The van der Waals surface area contributed by atoms with Gasteiger partial charge < -0.3 is 10.8 Å². The molecule has 0 amide bonds. The van der Waals surface area contributed by atoms with Gasteiger partial charge in [-0.3, -0.25) is 0 Å². The van der Waals surface area contributed by atoms with E-state index in [1.54, 1.807) is 11.8 Å². The second-order valence-corrected chi connectivity index (χ2v) is 5.16. The van der Waals surface area contributed by atoms with E-state index in [1.807, 2.05) is 12.1 Å². The molecule has 0 spiro atoms. The number of hydrogen-bond acceptors (Lipinski definition) is 3. The Morgan fingerprint density at radius 2 is 1.88 bits per heavy atom. The highest BCUT2D eigenvalue weighted by Gasteiger charge is 2.06. The van der Waals surface area contributed by atoms with Gasteiger partial charge in [0.2, 0.25) is 0 Å². The van der Waals surface area contributed by atoms with Crippen molar-refractivity contribution in [3.05, 3.63) is 48.0 Å². The number of nitrogens with two attached hydrogens (primary N) is 1. The molecule has 0 saturated heterocycles. The lowest BCUT2D eigenvalue weighted by molar-refractivity contribution is 0.322. The molecule has 0 bridgehead atoms. The van der Waals surface area contributed by atoms with Crippen LogP contribution in [0.15, 0.2) is 42.5 Å². The summed E-state index contributed by atoms with van der Waals surface area (Å²) in [5.74, 6) is 1.60. The summed E-state index contributed by atoms with van der Waals surface area (Å²) in [4.78, 5) is 0. The molecule has 0 aliphatic rings. The topological polar surface area (TPSA) is 46.2 Å². The van der Waals surface area contributed by atoms with Crippen molar-refractivity contribution in [1.82, 2.24) is 0 Å². The van der Waals surface area contributed by atoms with Crippen LogP contribution in [-0.2, 0) is 0 Å². The fourth-order valence-corrected chi connectivity index (χ4v) is 2.55. The number of fused-ring (bicyclic) bond motifs is 1. The van der Waals surface area contributed by atoms with Crippen LogP contribution in [0.5, 0.6) is 0 Å². The summed E-state index contributed by atoms with van der Waals surface area (Å²) in [5, 5.41) is 11.2. The number of hydrogen-bond donors (Lipinski definition) is 2. The van der Waals surface area contributed by atoms with Crippen LogP contribution in [0.3, 0.4) is 0 Å². The fourth-order valence-electron chi connectivity index (χ4n) is 1.81. The van der Waals surface area contributed by atoms with Gasteiger partial charge in [-0.15, -0.1) is 0 Å². The first-order valence-corrected chi connectivity index (χ1v) is 6.89. The summed E-state index contributed by atoms with van der Waals surface area (Å²) in [5.41, 5.74) is 7.29. The third kappa shape index (κ3) is 3.22. The molecule has 0 heterocycles. The molecule has 90 valence electrons. The van der Waals surface area contributed by atoms with E-state index in [1.165, 1.54) is 10.8 Å². The smallest absolute Gasteiger partial charge is 0.0521 e. The van der Waals surface area contributed by atoms with Crippen LogP contribution in [0, 0.1) is 0 Å². The Labute approximate surface area is 106 Å². The van der Waals surface area contributed by atoms with E-state index in [0.29, 0.717) is 0 Å². The van der Waals surface area contributed by atoms with E-state index < -0.39 is 0 Å². The zero-order valence-electron chi connectivity index (χ0n) is 9.67. The van der Waals surface area contributed by atoms with E-state index in [9.17, 15) is 0 Å². The lowest BCUT2D eigenvalue weighted by atomic mass is 10.0. The standard InChI is InChI=1S/C14H17NOS/c15-14(10-17-8-7-16)13-6-5-11-3-1-2-4-12(11)9-13/h1-6,9,14,16H,7-8,10,15H2. The molecule has 0 aliphatic carbocycles. The maximum atomic E-state index is 8.73. The van der Waals surface area contributed by atoms with Crippen LogP contribution in [0.2, 0.25) is 0 Å². The first kappa shape index (κ1) is 12.4. The number of thioether (sulfide) groups is 1. The Hall–Kier alpha value is -1.03. The molecule has 0 aromatic heterocycles. The van der Waals surface area contributed by atoms with Crippen LogP contribution in [0.25, 0.3) is 10.8 Å². The molecule has 1 atom stereocenters. The summed E-state index contributed by atoms with van der Waals surface area (Å²) >= 11 is 1.69. The maximum absolute atomic E-state index is 8.73. The summed E-state index contributed by atoms with van der Waals surface area (Å²) in [7, 11) is 0. The lowest BCUT2D eigenvalue weighted by Crippen LogP contribution is -2.13. The van der Waals surface area contributed by atoms with Crippen molar-refractivity contribution in [3.63, 3.8) is 0 Å². The van der Waals surface area contributed by atoms with Gasteiger partial charge in [-0.1, -0.05) is 36.4 Å². The predicted octanol–water partition coefficient (Wildman–Crippen LogP) is 2.57. The third-order valence-electron chi connectivity index (χ3n) is 2.73. The third-order valence-corrected chi connectivity index (χ3v) is 3.80. The molecule has 3 N–H and O–H groups in total. The Balaban J connectivity index is 2.12. The molecule has 3 heteroatoms. The Bertz CT molecular complexity index is 486. The van der Waals surface area contributed by atoms with E-state index in [2.05, 4.69) is 30.3 Å². The van der Waals surface area contributed by atoms with Gasteiger partial charge in [0, 0.05) is 17.5 Å². The van der Waals surface area contributed by atoms with Crippen molar-refractivity contribution >= 4 is 22.5 Å². The molecule has 0 fully saturated rings. The highest BCUT2D eigenvalue weighted by atomic mass is 32.2. The molecule has 2 aromatic rings. The first-order chi connectivity index (χ1) is 8.31. The van der Waals surface area contributed by atoms with Gasteiger partial charge in [-0.05, 0) is 22.4 Å². The van der Waals surface area contributed by atoms with Gasteiger partial charge in [-0.25, -0.2) is 0 Å². The molecule has 2 aromatic carbocycles. The Morgan fingerprint density at radius 3 is 2.65 bits per heavy atom. The van der Waals surface area contributed by atoms with Gasteiger partial charge in [0.25, 0.3) is 0 Å². The number of aliphatic hydroxyl groups excluding tert-OH is 1. The van der Waals surface area contributed by atoms with E-state index >= 15 is 0 Å². The van der Waals surface area contributed by atoms with E-state index in [-0.39, 0.29) is 12.6 Å². The summed E-state index contributed by atoms with van der Waals surface area (Å²) < 4.78 is 0. The van der Waals surface area contributed by atoms with Crippen molar-refractivity contribution in [2.45, 2.75) is 6.04 Å². The fraction of sp³-hybridized carbons (Fsp3) is 0.286. The minimum atomic E-state index is 0.0381. The van der Waals surface area contributed by atoms with Crippen molar-refractivity contribution in [3.8, 4) is 0 Å². The van der Waals surface area contributed by atoms with Gasteiger partial charge in [0.1, 0.15) is 0 Å². The van der Waals surface area contributed by atoms with Gasteiger partial charge >= 0.3 is 0 Å². The molecule has 17 heavy (non-hydrogen) atoms. The minimum absolute atomic E-state index is 0.0381. The molecular formula is C14H17NOS. The maximum Gasteiger partial charge on any atom is 0.0521 e. The van der Waals surface area contributed by atoms with Gasteiger partial charge in [0.15, 0.2) is 0 Å². The highest BCUT2D eigenvalue weighted by Crippen LogP contribution is 2.21. The molecule has 0 radical (unpaired) electrons. The summed E-state index contributed by atoms with van der Waals surface area (Å²) in [6.45, 7) is 0.217.